The molecule has 2 aromatic carbocycles. The van der Waals surface area contributed by atoms with Crippen LogP contribution in [0.25, 0.3) is 10.9 Å². The Kier molecular flexibility index (Phi) is 6.64. The number of alkyl halides is 6. The third-order valence-corrected chi connectivity index (χ3v) is 5.58. The van der Waals surface area contributed by atoms with Gasteiger partial charge in [0, 0.05) is 41.3 Å². The van der Waals surface area contributed by atoms with Crippen molar-refractivity contribution >= 4 is 22.8 Å². The Hall–Kier alpha value is -3.54. The number of amides is 1. The molecule has 0 atom stereocenters. The van der Waals surface area contributed by atoms with Crippen LogP contribution in [0.3, 0.4) is 0 Å². The smallest absolute Gasteiger partial charge is 0.430 e. The number of carboxylic acids is 1. The number of rotatable bonds is 6. The van der Waals surface area contributed by atoms with E-state index in [1.807, 2.05) is 0 Å². The monoisotopic (exact) mass is 502 g/mol. The number of fused-ring (bicyclic) bond motifs is 1. The number of halogens is 6. The summed E-state index contributed by atoms with van der Waals surface area (Å²) in [4.78, 5) is 24.3. The number of aromatic nitrogens is 1. The summed E-state index contributed by atoms with van der Waals surface area (Å²) >= 11 is 0. The topological polar surface area (TPSA) is 82.8 Å². The number of likely N-dealkylation sites (N-methyl/N-ethyl adjacent to an activating group) is 1. The third-order valence-electron chi connectivity index (χ3n) is 5.58. The summed E-state index contributed by atoms with van der Waals surface area (Å²) in [5.41, 5.74) is -4.75. The molecular weight excluding hydrogens is 482 g/mol. The van der Waals surface area contributed by atoms with Crippen molar-refractivity contribution in [3.63, 3.8) is 0 Å². The Morgan fingerprint density at radius 2 is 1.60 bits per heavy atom. The minimum atomic E-state index is -5.99. The standard InChI is InChI=1S/C23H20F6N2O4/c1-13-8-16-10-17(21(35,22(24,25)26)23(27,28)29)6-7-18(16)31(13)11-14-4-3-5-15(9-14)20(34)30(2)12-19(32)33/h3-10,35H,11-12H2,1-2H3,(H,32,33). The second-order valence-electron chi connectivity index (χ2n) is 8.11. The molecule has 188 valence electrons. The lowest BCUT2D eigenvalue weighted by Crippen LogP contribution is -2.53. The average Bonchev–Trinajstić information content (AvgIpc) is 3.05. The average molecular weight is 502 g/mol. The van der Waals surface area contributed by atoms with E-state index in [1.54, 1.807) is 23.6 Å². The molecule has 1 amide bonds. The first-order valence-corrected chi connectivity index (χ1v) is 10.1. The van der Waals surface area contributed by atoms with Gasteiger partial charge in [-0.3, -0.25) is 9.59 Å². The number of benzene rings is 2. The number of carboxylic acid groups (broad SMARTS) is 1. The van der Waals surface area contributed by atoms with Gasteiger partial charge in [0.05, 0.1) is 0 Å². The lowest BCUT2D eigenvalue weighted by molar-refractivity contribution is -0.376. The largest absolute Gasteiger partial charge is 0.480 e. The molecule has 1 heterocycles. The van der Waals surface area contributed by atoms with Crippen molar-refractivity contribution in [2.75, 3.05) is 13.6 Å². The molecule has 3 aromatic rings. The molecule has 0 spiro atoms. The number of hydrogen-bond acceptors (Lipinski definition) is 3. The van der Waals surface area contributed by atoms with E-state index in [0.717, 1.165) is 11.0 Å². The zero-order valence-corrected chi connectivity index (χ0v) is 18.4. The van der Waals surface area contributed by atoms with Gasteiger partial charge in [-0.2, -0.15) is 26.3 Å². The maximum atomic E-state index is 13.2. The van der Waals surface area contributed by atoms with E-state index >= 15 is 0 Å². The predicted molar refractivity (Wildman–Crippen MR) is 113 cm³/mol. The number of carbonyl (C=O) groups is 2. The second-order valence-corrected chi connectivity index (χ2v) is 8.11. The highest BCUT2D eigenvalue weighted by Crippen LogP contribution is 2.50. The summed E-state index contributed by atoms with van der Waals surface area (Å²) in [6.45, 7) is 1.23. The fourth-order valence-electron chi connectivity index (χ4n) is 3.81. The van der Waals surface area contributed by atoms with E-state index in [2.05, 4.69) is 0 Å². The van der Waals surface area contributed by atoms with Crippen LogP contribution in [-0.4, -0.2) is 57.5 Å². The van der Waals surface area contributed by atoms with Gasteiger partial charge < -0.3 is 19.7 Å². The summed E-state index contributed by atoms with van der Waals surface area (Å²) in [6.07, 6.45) is -12.0. The molecule has 0 aliphatic rings. The fourth-order valence-corrected chi connectivity index (χ4v) is 3.81. The maximum absolute atomic E-state index is 13.2. The van der Waals surface area contributed by atoms with Crippen LogP contribution in [0.15, 0.2) is 48.5 Å². The van der Waals surface area contributed by atoms with Gasteiger partial charge >= 0.3 is 18.3 Å². The van der Waals surface area contributed by atoms with Crippen LogP contribution in [0, 0.1) is 6.92 Å². The Bertz CT molecular complexity index is 1270. The van der Waals surface area contributed by atoms with Gasteiger partial charge in [0.1, 0.15) is 6.54 Å². The van der Waals surface area contributed by atoms with Gasteiger partial charge in [0.25, 0.3) is 11.5 Å². The summed E-state index contributed by atoms with van der Waals surface area (Å²) in [5, 5.41) is 18.6. The third kappa shape index (κ3) is 4.83. The number of aryl methyl sites for hydroxylation is 1. The highest BCUT2D eigenvalue weighted by Gasteiger charge is 2.71. The Labute approximate surface area is 195 Å². The van der Waals surface area contributed by atoms with Crippen LogP contribution in [0.4, 0.5) is 26.3 Å². The van der Waals surface area contributed by atoms with E-state index in [9.17, 15) is 41.0 Å². The van der Waals surface area contributed by atoms with Crippen molar-refractivity contribution in [3.8, 4) is 0 Å². The van der Waals surface area contributed by atoms with Crippen molar-refractivity contribution in [1.82, 2.24) is 9.47 Å². The minimum Gasteiger partial charge on any atom is -0.480 e. The molecule has 0 unspecified atom stereocenters. The maximum Gasteiger partial charge on any atom is 0.430 e. The van der Waals surface area contributed by atoms with Crippen LogP contribution in [-0.2, 0) is 16.9 Å². The molecule has 0 saturated heterocycles. The van der Waals surface area contributed by atoms with Gasteiger partial charge in [-0.15, -0.1) is 0 Å². The SMILES string of the molecule is Cc1cc2cc(C(O)(C(F)(F)F)C(F)(F)F)ccc2n1Cc1cccc(C(=O)N(C)CC(=O)O)c1. The normalized spacial score (nSPS) is 12.7. The van der Waals surface area contributed by atoms with E-state index in [1.165, 1.54) is 25.2 Å². The van der Waals surface area contributed by atoms with Crippen molar-refractivity contribution in [3.05, 3.63) is 70.9 Å². The highest BCUT2D eigenvalue weighted by atomic mass is 19.4. The highest BCUT2D eigenvalue weighted by molar-refractivity contribution is 5.95. The molecule has 1 aromatic heterocycles. The van der Waals surface area contributed by atoms with Gasteiger partial charge in [0.15, 0.2) is 0 Å². The van der Waals surface area contributed by atoms with Crippen molar-refractivity contribution < 1.29 is 46.1 Å². The number of aliphatic hydroxyl groups is 1. The Balaban J connectivity index is 1.99. The first-order chi connectivity index (χ1) is 16.1. The van der Waals surface area contributed by atoms with Crippen LogP contribution in [0.5, 0.6) is 0 Å². The lowest BCUT2D eigenvalue weighted by atomic mass is 9.91. The molecule has 3 rings (SSSR count). The predicted octanol–water partition coefficient (Wildman–Crippen LogP) is 4.47. The molecular formula is C23H20F6N2O4. The summed E-state index contributed by atoms with van der Waals surface area (Å²) in [7, 11) is 1.33. The Morgan fingerprint density at radius 3 is 2.17 bits per heavy atom. The first kappa shape index (κ1) is 26.1. The van der Waals surface area contributed by atoms with Crippen molar-refractivity contribution in [1.29, 1.82) is 0 Å². The molecule has 0 saturated carbocycles. The fraction of sp³-hybridized carbons (Fsp3) is 0.304. The number of aliphatic carboxylic acids is 1. The molecule has 0 fully saturated rings. The molecule has 0 radical (unpaired) electrons. The van der Waals surface area contributed by atoms with E-state index in [-0.39, 0.29) is 17.5 Å². The second kappa shape index (κ2) is 8.91. The number of carbonyl (C=O) groups excluding carboxylic acids is 1. The molecule has 35 heavy (non-hydrogen) atoms. The quantitative estimate of drug-likeness (QED) is 0.488. The molecule has 0 bridgehead atoms. The minimum absolute atomic E-state index is 0.0559. The van der Waals surface area contributed by atoms with Crippen molar-refractivity contribution in [2.45, 2.75) is 31.4 Å². The zero-order valence-electron chi connectivity index (χ0n) is 18.4. The van der Waals surface area contributed by atoms with Crippen LogP contribution in [0.1, 0.15) is 27.2 Å². The molecule has 6 nitrogen and oxygen atoms in total. The number of nitrogens with zero attached hydrogens (tertiary/aromatic N) is 2. The van der Waals surface area contributed by atoms with E-state index in [0.29, 0.717) is 28.9 Å². The summed E-state index contributed by atoms with van der Waals surface area (Å²) < 4.78 is 81.1. The van der Waals surface area contributed by atoms with Gasteiger partial charge in [-0.1, -0.05) is 18.2 Å². The van der Waals surface area contributed by atoms with Crippen LogP contribution < -0.4 is 0 Å². The molecule has 0 aliphatic carbocycles. The summed E-state index contributed by atoms with van der Waals surface area (Å²) in [5.74, 6) is -1.72. The number of hydrogen-bond donors (Lipinski definition) is 2. The van der Waals surface area contributed by atoms with E-state index in [4.69, 9.17) is 5.11 Å². The van der Waals surface area contributed by atoms with Crippen molar-refractivity contribution in [2.24, 2.45) is 0 Å². The molecule has 2 N–H and O–H groups in total. The van der Waals surface area contributed by atoms with Gasteiger partial charge in [-0.25, -0.2) is 0 Å². The molecule has 12 heteroatoms. The van der Waals surface area contributed by atoms with Crippen LogP contribution >= 0.6 is 0 Å². The summed E-state index contributed by atoms with van der Waals surface area (Å²) in [6, 6.07) is 9.94. The molecule has 0 aliphatic heterocycles. The Morgan fingerprint density at radius 1 is 0.971 bits per heavy atom. The van der Waals surface area contributed by atoms with Crippen LogP contribution in [0.2, 0.25) is 0 Å². The first-order valence-electron chi connectivity index (χ1n) is 10.1. The lowest BCUT2D eigenvalue weighted by Gasteiger charge is -2.32. The van der Waals surface area contributed by atoms with Gasteiger partial charge in [-0.05, 0) is 42.8 Å². The van der Waals surface area contributed by atoms with Gasteiger partial charge in [0.2, 0.25) is 0 Å². The zero-order chi connectivity index (χ0) is 26.3. The van der Waals surface area contributed by atoms with E-state index < -0.39 is 41.9 Å².